The van der Waals surface area contributed by atoms with Crippen LogP contribution in [-0.2, 0) is 11.3 Å². The van der Waals surface area contributed by atoms with Crippen LogP contribution in [0.2, 0.25) is 0 Å². The minimum Gasteiger partial charge on any atom is -0.484 e. The predicted octanol–water partition coefficient (Wildman–Crippen LogP) is 3.08. The van der Waals surface area contributed by atoms with E-state index in [0.717, 1.165) is 0 Å². The maximum atomic E-state index is 13.6. The monoisotopic (exact) mass is 332 g/mol. The van der Waals surface area contributed by atoms with E-state index in [4.69, 9.17) is 4.74 Å². The highest BCUT2D eigenvalue weighted by Gasteiger charge is 2.14. The number of benzene rings is 2. The first-order chi connectivity index (χ1) is 11.4. The number of likely N-dealkylation sites (N-methyl/N-ethyl adjacent to an activating group) is 1. The third kappa shape index (κ3) is 4.28. The topological polar surface area (TPSA) is 72.7 Å². The van der Waals surface area contributed by atoms with E-state index < -0.39 is 4.92 Å². The molecule has 1 amide bonds. The Kier molecular flexibility index (Phi) is 5.47. The number of nitro benzene ring substituents is 1. The zero-order valence-corrected chi connectivity index (χ0v) is 13.4. The van der Waals surface area contributed by atoms with Crippen LogP contribution >= 0.6 is 0 Å². The van der Waals surface area contributed by atoms with Crippen LogP contribution in [0.1, 0.15) is 11.1 Å². The molecule has 0 aliphatic rings. The smallest absolute Gasteiger partial charge is 0.272 e. The van der Waals surface area contributed by atoms with Gasteiger partial charge in [-0.25, -0.2) is 4.39 Å². The minimum absolute atomic E-state index is 0.00894. The highest BCUT2D eigenvalue weighted by molar-refractivity contribution is 5.77. The summed E-state index contributed by atoms with van der Waals surface area (Å²) in [5.41, 5.74) is 0.856. The highest BCUT2D eigenvalue weighted by Crippen LogP contribution is 2.23. The second-order valence-electron chi connectivity index (χ2n) is 5.34. The maximum Gasteiger partial charge on any atom is 0.272 e. The van der Waals surface area contributed by atoms with Crippen molar-refractivity contribution in [3.8, 4) is 5.75 Å². The Morgan fingerprint density at radius 2 is 2.00 bits per heavy atom. The summed E-state index contributed by atoms with van der Waals surface area (Å²) < 4.78 is 19.0. The van der Waals surface area contributed by atoms with E-state index in [2.05, 4.69) is 0 Å². The Bertz CT molecular complexity index is 764. The molecular formula is C17H17FN2O4. The number of halogens is 1. The van der Waals surface area contributed by atoms with Gasteiger partial charge in [0.05, 0.1) is 4.92 Å². The van der Waals surface area contributed by atoms with Gasteiger partial charge in [-0.2, -0.15) is 0 Å². The zero-order valence-electron chi connectivity index (χ0n) is 13.4. The van der Waals surface area contributed by atoms with Crippen molar-refractivity contribution in [1.29, 1.82) is 0 Å². The first kappa shape index (κ1) is 17.4. The number of hydrogen-bond acceptors (Lipinski definition) is 4. The summed E-state index contributed by atoms with van der Waals surface area (Å²) in [6, 6.07) is 10.5. The summed E-state index contributed by atoms with van der Waals surface area (Å²) in [4.78, 5) is 23.7. The van der Waals surface area contributed by atoms with Crippen molar-refractivity contribution in [3.63, 3.8) is 0 Å². The van der Waals surface area contributed by atoms with Gasteiger partial charge < -0.3 is 9.64 Å². The number of hydrogen-bond donors (Lipinski definition) is 0. The molecule has 0 heterocycles. The number of nitro groups is 1. The van der Waals surface area contributed by atoms with Gasteiger partial charge in [0.25, 0.3) is 11.6 Å². The number of aryl methyl sites for hydroxylation is 1. The quantitative estimate of drug-likeness (QED) is 0.602. The molecule has 126 valence electrons. The van der Waals surface area contributed by atoms with E-state index in [1.807, 2.05) is 0 Å². The molecule has 0 radical (unpaired) electrons. The van der Waals surface area contributed by atoms with Crippen LogP contribution in [0.3, 0.4) is 0 Å². The van der Waals surface area contributed by atoms with Gasteiger partial charge in [0, 0.05) is 30.8 Å². The number of nitrogens with zero attached hydrogens (tertiary/aromatic N) is 2. The molecular weight excluding hydrogens is 315 g/mol. The summed E-state index contributed by atoms with van der Waals surface area (Å²) in [6.07, 6.45) is 0. The standard InChI is InChI=1S/C17H17FN2O4/c1-12-9-14(7-8-16(12)20(22)23)24-11-17(21)19(2)10-13-5-3-4-6-15(13)18/h3-9H,10-11H2,1-2H3. The lowest BCUT2D eigenvalue weighted by atomic mass is 10.2. The van der Waals surface area contributed by atoms with Gasteiger partial charge in [-0.3, -0.25) is 14.9 Å². The normalized spacial score (nSPS) is 10.3. The van der Waals surface area contributed by atoms with Crippen LogP contribution in [-0.4, -0.2) is 29.4 Å². The van der Waals surface area contributed by atoms with E-state index in [9.17, 15) is 19.3 Å². The zero-order chi connectivity index (χ0) is 17.7. The lowest BCUT2D eigenvalue weighted by Gasteiger charge is -2.18. The molecule has 24 heavy (non-hydrogen) atoms. The Morgan fingerprint density at radius 1 is 1.29 bits per heavy atom. The third-order valence-corrected chi connectivity index (χ3v) is 3.52. The summed E-state index contributed by atoms with van der Waals surface area (Å²) in [5, 5.41) is 10.8. The van der Waals surface area contributed by atoms with Gasteiger partial charge in [0.15, 0.2) is 6.61 Å². The number of carbonyl (C=O) groups excluding carboxylic acids is 1. The fourth-order valence-electron chi connectivity index (χ4n) is 2.15. The average Bonchev–Trinajstić information content (AvgIpc) is 2.54. The molecule has 0 saturated heterocycles. The lowest BCUT2D eigenvalue weighted by Crippen LogP contribution is -2.31. The average molecular weight is 332 g/mol. The molecule has 0 unspecified atom stereocenters. The highest BCUT2D eigenvalue weighted by atomic mass is 19.1. The predicted molar refractivity (Wildman–Crippen MR) is 86.2 cm³/mol. The first-order valence-corrected chi connectivity index (χ1v) is 7.23. The number of rotatable bonds is 6. The fraction of sp³-hybridized carbons (Fsp3) is 0.235. The first-order valence-electron chi connectivity index (χ1n) is 7.23. The molecule has 6 nitrogen and oxygen atoms in total. The van der Waals surface area contributed by atoms with Crippen LogP contribution in [0.25, 0.3) is 0 Å². The van der Waals surface area contributed by atoms with Crippen molar-refractivity contribution in [2.45, 2.75) is 13.5 Å². The van der Waals surface area contributed by atoms with Crippen molar-refractivity contribution >= 4 is 11.6 Å². The molecule has 0 fully saturated rings. The molecule has 2 aromatic rings. The molecule has 0 N–H and O–H groups in total. The molecule has 7 heteroatoms. The van der Waals surface area contributed by atoms with Crippen molar-refractivity contribution in [2.75, 3.05) is 13.7 Å². The van der Waals surface area contributed by atoms with Crippen molar-refractivity contribution < 1.29 is 18.8 Å². The second kappa shape index (κ2) is 7.54. The van der Waals surface area contributed by atoms with E-state index in [0.29, 0.717) is 16.9 Å². The van der Waals surface area contributed by atoms with Crippen LogP contribution in [0.5, 0.6) is 5.75 Å². The summed E-state index contributed by atoms with van der Waals surface area (Å²) in [6.45, 7) is 1.49. The third-order valence-electron chi connectivity index (χ3n) is 3.52. The van der Waals surface area contributed by atoms with Gasteiger partial charge in [-0.05, 0) is 25.1 Å². The van der Waals surface area contributed by atoms with E-state index >= 15 is 0 Å². The Hall–Kier alpha value is -2.96. The van der Waals surface area contributed by atoms with E-state index in [1.54, 1.807) is 32.2 Å². The Labute approximate surface area is 138 Å². The largest absolute Gasteiger partial charge is 0.484 e. The SMILES string of the molecule is Cc1cc(OCC(=O)N(C)Cc2ccccc2F)ccc1[N+](=O)[O-]. The molecule has 0 aromatic heterocycles. The molecule has 0 saturated carbocycles. The maximum absolute atomic E-state index is 13.6. The van der Waals surface area contributed by atoms with Crippen LogP contribution in [0.4, 0.5) is 10.1 Å². The molecule has 2 rings (SSSR count). The summed E-state index contributed by atoms with van der Waals surface area (Å²) >= 11 is 0. The number of amides is 1. The van der Waals surface area contributed by atoms with Gasteiger partial charge in [-0.15, -0.1) is 0 Å². The lowest BCUT2D eigenvalue weighted by molar-refractivity contribution is -0.385. The van der Waals surface area contributed by atoms with Crippen molar-refractivity contribution in [1.82, 2.24) is 4.90 Å². The molecule has 0 spiro atoms. The second-order valence-corrected chi connectivity index (χ2v) is 5.34. The summed E-state index contributed by atoms with van der Waals surface area (Å²) in [5.74, 6) is -0.330. The van der Waals surface area contributed by atoms with Gasteiger partial charge in [0.1, 0.15) is 11.6 Å². The van der Waals surface area contributed by atoms with Gasteiger partial charge in [-0.1, -0.05) is 18.2 Å². The molecule has 0 aliphatic heterocycles. The van der Waals surface area contributed by atoms with Gasteiger partial charge >= 0.3 is 0 Å². The Balaban J connectivity index is 1.94. The van der Waals surface area contributed by atoms with Crippen molar-refractivity contribution in [3.05, 3.63) is 69.5 Å². The van der Waals surface area contributed by atoms with Crippen LogP contribution < -0.4 is 4.74 Å². The van der Waals surface area contributed by atoms with E-state index in [1.165, 1.54) is 29.2 Å². The van der Waals surface area contributed by atoms with E-state index in [-0.39, 0.29) is 30.6 Å². The molecule has 0 aliphatic carbocycles. The molecule has 0 atom stereocenters. The van der Waals surface area contributed by atoms with Crippen LogP contribution in [0, 0.1) is 22.9 Å². The minimum atomic E-state index is -0.480. The number of carbonyl (C=O) groups is 1. The number of ether oxygens (including phenoxy) is 1. The fourth-order valence-corrected chi connectivity index (χ4v) is 2.15. The molecule has 2 aromatic carbocycles. The molecule has 0 bridgehead atoms. The Morgan fingerprint density at radius 3 is 2.62 bits per heavy atom. The summed E-state index contributed by atoms with van der Waals surface area (Å²) in [7, 11) is 1.55. The van der Waals surface area contributed by atoms with Gasteiger partial charge in [0.2, 0.25) is 0 Å². The van der Waals surface area contributed by atoms with Crippen molar-refractivity contribution in [2.24, 2.45) is 0 Å². The van der Waals surface area contributed by atoms with Crippen LogP contribution in [0.15, 0.2) is 42.5 Å².